The van der Waals surface area contributed by atoms with E-state index < -0.39 is 34.9 Å². The van der Waals surface area contributed by atoms with Gasteiger partial charge in [0.2, 0.25) is 12.3 Å². The summed E-state index contributed by atoms with van der Waals surface area (Å²) in [4.78, 5) is 21.0. The molecule has 1 aromatic carbocycles. The van der Waals surface area contributed by atoms with Crippen LogP contribution >= 0.6 is 0 Å². The highest BCUT2D eigenvalue weighted by Gasteiger charge is 2.37. The van der Waals surface area contributed by atoms with Gasteiger partial charge in [-0.3, -0.25) is 19.9 Å². The van der Waals surface area contributed by atoms with Crippen molar-refractivity contribution in [2.24, 2.45) is 22.3 Å². The Labute approximate surface area is 191 Å². The second-order valence-corrected chi connectivity index (χ2v) is 6.41. The van der Waals surface area contributed by atoms with E-state index in [9.17, 15) is 31.1 Å². The smallest absolute Gasteiger partial charge is 0.382 e. The first kappa shape index (κ1) is 30.7. The molecule has 1 aliphatic heterocycles. The van der Waals surface area contributed by atoms with Gasteiger partial charge in [-0.05, 0) is 25.1 Å². The number of nitrogens with two attached hydrogens (primary N) is 3. The lowest BCUT2D eigenvalue weighted by Crippen LogP contribution is -2.41. The molecule has 0 aromatic heterocycles. The van der Waals surface area contributed by atoms with E-state index in [0.29, 0.717) is 31.9 Å². The second-order valence-electron chi connectivity index (χ2n) is 6.41. The number of benzene rings is 1. The molecule has 15 heteroatoms. The molecule has 1 aliphatic rings. The number of hydrogen-bond acceptors (Lipinski definition) is 6. The van der Waals surface area contributed by atoms with Crippen molar-refractivity contribution in [3.8, 4) is 0 Å². The van der Waals surface area contributed by atoms with Gasteiger partial charge >= 0.3 is 12.4 Å². The van der Waals surface area contributed by atoms with Crippen LogP contribution in [0.15, 0.2) is 35.6 Å². The summed E-state index contributed by atoms with van der Waals surface area (Å²) in [5.74, 6) is -0.758. The summed E-state index contributed by atoms with van der Waals surface area (Å²) in [5, 5.41) is 3.45. The Hall–Kier alpha value is -3.33. The number of hydrogen-bond donors (Lipinski definition) is 4. The number of halogens is 6. The third kappa shape index (κ3) is 12.6. The summed E-state index contributed by atoms with van der Waals surface area (Å²) < 4.78 is 80.9. The van der Waals surface area contributed by atoms with Crippen LogP contribution in [0.5, 0.6) is 0 Å². The lowest BCUT2D eigenvalue weighted by molar-refractivity contribution is -0.143. The van der Waals surface area contributed by atoms with E-state index in [1.807, 2.05) is 4.90 Å². The normalized spacial score (nSPS) is 15.0. The standard InChI is InChI=1S/C12H11F6N3.C6H12N2O2.CH3NO/c1-2-3-20-21-10(19)7-4-8(11(13,14)15)6-9(5-7)12(16,17)18;7-6(9)5-8-1-3-10-4-2-8;2-1-3/h2-6,20H,1H3,(H2,19,21);1-5H2,(H2,7,9);1H,(H2,2,3)/b3-2-;;. The summed E-state index contributed by atoms with van der Waals surface area (Å²) in [7, 11) is 0. The van der Waals surface area contributed by atoms with Gasteiger partial charge in [0.05, 0.1) is 30.9 Å². The molecule has 0 spiro atoms. The second kappa shape index (κ2) is 14.7. The quantitative estimate of drug-likeness (QED) is 0.158. The van der Waals surface area contributed by atoms with Gasteiger partial charge in [-0.1, -0.05) is 6.08 Å². The van der Waals surface area contributed by atoms with Crippen LogP contribution in [-0.4, -0.2) is 55.9 Å². The molecular weight excluding hydrogens is 474 g/mol. The number of alkyl halides is 6. The Morgan fingerprint density at radius 3 is 1.94 bits per heavy atom. The lowest BCUT2D eigenvalue weighted by Gasteiger charge is -2.24. The molecule has 7 N–H and O–H groups in total. The van der Waals surface area contributed by atoms with Gasteiger partial charge in [0.25, 0.3) is 0 Å². The van der Waals surface area contributed by atoms with Gasteiger partial charge in [-0.2, -0.15) is 31.4 Å². The topological polar surface area (TPSA) is 149 Å². The van der Waals surface area contributed by atoms with Crippen molar-refractivity contribution >= 4 is 18.2 Å². The fourth-order valence-electron chi connectivity index (χ4n) is 2.33. The number of hydrazone groups is 1. The van der Waals surface area contributed by atoms with Crippen LogP contribution in [-0.2, 0) is 26.7 Å². The van der Waals surface area contributed by atoms with Gasteiger partial charge in [0.15, 0.2) is 5.84 Å². The molecule has 0 radical (unpaired) electrons. The van der Waals surface area contributed by atoms with Crippen LogP contribution in [0.1, 0.15) is 23.6 Å². The molecule has 0 atom stereocenters. The van der Waals surface area contributed by atoms with Crippen molar-refractivity contribution < 1.29 is 40.7 Å². The van der Waals surface area contributed by atoms with E-state index in [1.54, 1.807) is 6.92 Å². The van der Waals surface area contributed by atoms with Crippen molar-refractivity contribution in [1.29, 1.82) is 0 Å². The Kier molecular flexibility index (Phi) is 13.3. The lowest BCUT2D eigenvalue weighted by atomic mass is 10.0. The number of rotatable bonds is 5. The number of morpholine rings is 1. The number of nitrogens with zero attached hydrogens (tertiary/aromatic N) is 2. The third-order valence-corrected chi connectivity index (χ3v) is 3.79. The van der Waals surface area contributed by atoms with Crippen molar-refractivity contribution in [1.82, 2.24) is 10.3 Å². The highest BCUT2D eigenvalue weighted by Crippen LogP contribution is 2.36. The molecule has 9 nitrogen and oxygen atoms in total. The van der Waals surface area contributed by atoms with Crippen LogP contribution in [0.4, 0.5) is 26.3 Å². The Morgan fingerprint density at radius 2 is 1.56 bits per heavy atom. The minimum absolute atomic E-state index is 0.0240. The largest absolute Gasteiger partial charge is 0.416 e. The molecule has 34 heavy (non-hydrogen) atoms. The van der Waals surface area contributed by atoms with E-state index >= 15 is 0 Å². The fraction of sp³-hybridized carbons (Fsp3) is 0.421. The van der Waals surface area contributed by atoms with Gasteiger partial charge in [0, 0.05) is 24.9 Å². The van der Waals surface area contributed by atoms with Gasteiger partial charge in [-0.15, -0.1) is 0 Å². The zero-order valence-electron chi connectivity index (χ0n) is 18.1. The van der Waals surface area contributed by atoms with Crippen molar-refractivity contribution in [3.05, 3.63) is 47.2 Å². The first-order valence-electron chi connectivity index (χ1n) is 9.49. The summed E-state index contributed by atoms with van der Waals surface area (Å²) in [6.07, 6.45) is -6.77. The SMILES string of the molecule is C/C=C\N/N=C(\N)c1cc(C(F)(F)F)cc(C(F)(F)F)c1.NC(=O)CN1CCOCC1.NC=O. The Balaban J connectivity index is 0.000000692. The van der Waals surface area contributed by atoms with E-state index in [1.165, 1.54) is 12.3 Å². The maximum Gasteiger partial charge on any atom is 0.416 e. The van der Waals surface area contributed by atoms with Gasteiger partial charge in [0.1, 0.15) is 0 Å². The molecule has 1 aromatic rings. The molecule has 0 aliphatic carbocycles. The third-order valence-electron chi connectivity index (χ3n) is 3.79. The van der Waals surface area contributed by atoms with Crippen LogP contribution in [0.3, 0.4) is 0 Å². The van der Waals surface area contributed by atoms with Crippen molar-refractivity contribution in [2.75, 3.05) is 32.8 Å². The van der Waals surface area contributed by atoms with Crippen LogP contribution in [0, 0.1) is 0 Å². The number of ether oxygens (including phenoxy) is 1. The molecule has 0 bridgehead atoms. The zero-order chi connectivity index (χ0) is 26.4. The van der Waals surface area contributed by atoms with E-state index in [-0.39, 0.29) is 18.4 Å². The minimum Gasteiger partial charge on any atom is -0.382 e. The monoisotopic (exact) mass is 500 g/mol. The number of amides is 2. The predicted molar refractivity (Wildman–Crippen MR) is 112 cm³/mol. The molecule has 2 amide bonds. The number of primary amides is 2. The fourth-order valence-corrected chi connectivity index (χ4v) is 2.33. The average Bonchev–Trinajstić information content (AvgIpc) is 2.73. The number of carbonyl (C=O) groups excluding carboxylic acids is 2. The maximum atomic E-state index is 12.6. The summed E-state index contributed by atoms with van der Waals surface area (Å²) in [6.45, 7) is 5.07. The highest BCUT2D eigenvalue weighted by molar-refractivity contribution is 5.97. The Bertz CT molecular complexity index is 805. The van der Waals surface area contributed by atoms with Gasteiger partial charge < -0.3 is 21.9 Å². The number of nitrogens with one attached hydrogen (secondary N) is 1. The zero-order valence-corrected chi connectivity index (χ0v) is 18.1. The van der Waals surface area contributed by atoms with E-state index in [2.05, 4.69) is 16.3 Å². The van der Waals surface area contributed by atoms with E-state index in [0.717, 1.165) is 13.1 Å². The molecule has 0 unspecified atom stereocenters. The van der Waals surface area contributed by atoms with Gasteiger partial charge in [-0.25, -0.2) is 0 Å². The summed E-state index contributed by atoms with van der Waals surface area (Å²) in [5.41, 5.74) is 13.4. The summed E-state index contributed by atoms with van der Waals surface area (Å²) >= 11 is 0. The first-order chi connectivity index (χ1) is 15.8. The van der Waals surface area contributed by atoms with Crippen molar-refractivity contribution in [3.63, 3.8) is 0 Å². The molecule has 1 fully saturated rings. The minimum atomic E-state index is -4.92. The van der Waals surface area contributed by atoms with Crippen molar-refractivity contribution in [2.45, 2.75) is 19.3 Å². The van der Waals surface area contributed by atoms with Crippen LogP contribution < -0.4 is 22.6 Å². The molecule has 192 valence electrons. The van der Waals surface area contributed by atoms with Crippen LogP contribution in [0.25, 0.3) is 0 Å². The molecular formula is C19H26F6N6O3. The predicted octanol–water partition coefficient (Wildman–Crippen LogP) is 1.37. The molecule has 2 rings (SSSR count). The van der Waals surface area contributed by atoms with Crippen LogP contribution in [0.2, 0.25) is 0 Å². The first-order valence-corrected chi connectivity index (χ1v) is 9.49. The highest BCUT2D eigenvalue weighted by atomic mass is 19.4. The Morgan fingerprint density at radius 1 is 1.09 bits per heavy atom. The number of carbonyl (C=O) groups is 2. The summed E-state index contributed by atoms with van der Waals surface area (Å²) in [6, 6.07) is 1.03. The number of allylic oxidation sites excluding steroid dienone is 1. The molecule has 1 saturated heterocycles. The molecule has 0 saturated carbocycles. The average molecular weight is 500 g/mol. The van der Waals surface area contributed by atoms with E-state index in [4.69, 9.17) is 21.0 Å². The number of amidine groups is 1. The maximum absolute atomic E-state index is 12.6. The molecule has 1 heterocycles.